The van der Waals surface area contributed by atoms with Crippen molar-refractivity contribution in [1.29, 1.82) is 0 Å². The van der Waals surface area contributed by atoms with Gasteiger partial charge in [0, 0.05) is 12.2 Å². The van der Waals surface area contributed by atoms with Gasteiger partial charge in [-0.1, -0.05) is 60.7 Å². The minimum atomic E-state index is -0.0625. The Balaban J connectivity index is 1.33. The van der Waals surface area contributed by atoms with Crippen molar-refractivity contribution >= 4 is 11.6 Å². The first-order valence-corrected chi connectivity index (χ1v) is 9.61. The van der Waals surface area contributed by atoms with E-state index < -0.39 is 0 Å². The van der Waals surface area contributed by atoms with Crippen LogP contribution >= 0.6 is 0 Å². The van der Waals surface area contributed by atoms with Crippen LogP contribution in [0.5, 0.6) is 5.75 Å². The van der Waals surface area contributed by atoms with Crippen LogP contribution in [-0.4, -0.2) is 19.1 Å². The highest BCUT2D eigenvalue weighted by atomic mass is 16.5. The highest BCUT2D eigenvalue weighted by Gasteiger charge is 2.03. The summed E-state index contributed by atoms with van der Waals surface area (Å²) in [4.78, 5) is 12.0. The third-order valence-electron chi connectivity index (χ3n) is 4.32. The Bertz CT molecular complexity index is 833. The molecule has 0 unspecified atom stereocenters. The average Bonchev–Trinajstić information content (AvgIpc) is 2.74. The Kier molecular flexibility index (Phi) is 7.65. The number of aryl methyl sites for hydroxylation is 1. The van der Waals surface area contributed by atoms with Gasteiger partial charge in [-0.2, -0.15) is 0 Å². The zero-order valence-electron chi connectivity index (χ0n) is 15.9. The number of carbonyl (C=O) groups is 1. The summed E-state index contributed by atoms with van der Waals surface area (Å²) in [6, 6.07) is 27.9. The Morgan fingerprint density at radius 1 is 0.786 bits per heavy atom. The van der Waals surface area contributed by atoms with Crippen LogP contribution in [-0.2, 0) is 17.8 Å². The average molecular weight is 374 g/mol. The standard InChI is InChI=1S/C24H26N2O2/c27-24(19-25-18-21-10-5-2-6-11-21)26-22-13-15-23(16-14-22)28-17-7-12-20-8-3-1-4-9-20/h1-6,8-11,13-16,25H,7,12,17-19H2,(H,26,27). The van der Waals surface area contributed by atoms with Crippen LogP contribution in [0.1, 0.15) is 17.5 Å². The van der Waals surface area contributed by atoms with E-state index in [2.05, 4.69) is 34.9 Å². The maximum absolute atomic E-state index is 12.0. The quantitative estimate of drug-likeness (QED) is 0.516. The number of carbonyl (C=O) groups excluding carboxylic acids is 1. The molecule has 0 radical (unpaired) electrons. The smallest absolute Gasteiger partial charge is 0.238 e. The summed E-state index contributed by atoms with van der Waals surface area (Å²) in [5.41, 5.74) is 3.25. The van der Waals surface area contributed by atoms with E-state index in [0.29, 0.717) is 13.2 Å². The van der Waals surface area contributed by atoms with Crippen molar-refractivity contribution in [1.82, 2.24) is 5.32 Å². The summed E-state index contributed by atoms with van der Waals surface area (Å²) in [5.74, 6) is 0.751. The van der Waals surface area contributed by atoms with Gasteiger partial charge in [0.2, 0.25) is 5.91 Å². The van der Waals surface area contributed by atoms with Gasteiger partial charge in [-0.3, -0.25) is 4.79 Å². The van der Waals surface area contributed by atoms with E-state index >= 15 is 0 Å². The Morgan fingerprint density at radius 3 is 2.11 bits per heavy atom. The van der Waals surface area contributed by atoms with Crippen molar-refractivity contribution in [3.63, 3.8) is 0 Å². The van der Waals surface area contributed by atoms with E-state index in [1.54, 1.807) is 0 Å². The first-order chi connectivity index (χ1) is 13.8. The predicted molar refractivity (Wildman–Crippen MR) is 113 cm³/mol. The van der Waals surface area contributed by atoms with Gasteiger partial charge in [-0.15, -0.1) is 0 Å². The highest BCUT2D eigenvalue weighted by Crippen LogP contribution is 2.16. The van der Waals surface area contributed by atoms with Gasteiger partial charge < -0.3 is 15.4 Å². The predicted octanol–water partition coefficient (Wildman–Crippen LogP) is 4.43. The van der Waals surface area contributed by atoms with Crippen LogP contribution in [0, 0.1) is 0 Å². The number of anilines is 1. The summed E-state index contributed by atoms with van der Waals surface area (Å²) < 4.78 is 5.78. The molecule has 0 atom stereocenters. The van der Waals surface area contributed by atoms with Crippen molar-refractivity contribution in [2.45, 2.75) is 19.4 Å². The SMILES string of the molecule is O=C(CNCc1ccccc1)Nc1ccc(OCCCc2ccccc2)cc1. The van der Waals surface area contributed by atoms with Crippen molar-refractivity contribution in [3.8, 4) is 5.75 Å². The van der Waals surface area contributed by atoms with Crippen LogP contribution in [0.15, 0.2) is 84.9 Å². The number of hydrogen-bond acceptors (Lipinski definition) is 3. The van der Waals surface area contributed by atoms with E-state index in [1.165, 1.54) is 5.56 Å². The molecule has 2 N–H and O–H groups in total. The second-order valence-corrected chi connectivity index (χ2v) is 6.60. The van der Waals surface area contributed by atoms with Crippen LogP contribution in [0.4, 0.5) is 5.69 Å². The van der Waals surface area contributed by atoms with Crippen molar-refractivity contribution in [2.75, 3.05) is 18.5 Å². The zero-order chi connectivity index (χ0) is 19.4. The molecular weight excluding hydrogens is 348 g/mol. The first-order valence-electron chi connectivity index (χ1n) is 9.61. The summed E-state index contributed by atoms with van der Waals surface area (Å²) >= 11 is 0. The number of nitrogens with one attached hydrogen (secondary N) is 2. The van der Waals surface area contributed by atoms with E-state index in [-0.39, 0.29) is 12.5 Å². The monoisotopic (exact) mass is 374 g/mol. The number of hydrogen-bond donors (Lipinski definition) is 2. The molecule has 0 aliphatic rings. The molecule has 4 nitrogen and oxygen atoms in total. The van der Waals surface area contributed by atoms with Crippen molar-refractivity contribution < 1.29 is 9.53 Å². The number of amides is 1. The molecule has 3 aromatic carbocycles. The van der Waals surface area contributed by atoms with Gasteiger partial charge in [0.15, 0.2) is 0 Å². The lowest BCUT2D eigenvalue weighted by Gasteiger charge is -2.09. The molecule has 0 aliphatic carbocycles. The lowest BCUT2D eigenvalue weighted by molar-refractivity contribution is -0.115. The molecule has 144 valence electrons. The Morgan fingerprint density at radius 2 is 1.43 bits per heavy atom. The second-order valence-electron chi connectivity index (χ2n) is 6.60. The lowest BCUT2D eigenvalue weighted by atomic mass is 10.1. The second kappa shape index (κ2) is 10.9. The van der Waals surface area contributed by atoms with Crippen LogP contribution < -0.4 is 15.4 Å². The molecule has 0 spiro atoms. The summed E-state index contributed by atoms with van der Waals surface area (Å²) in [7, 11) is 0. The molecule has 1 amide bonds. The molecule has 0 fully saturated rings. The molecular formula is C24H26N2O2. The van der Waals surface area contributed by atoms with E-state index in [0.717, 1.165) is 29.8 Å². The molecule has 0 aromatic heterocycles. The minimum absolute atomic E-state index is 0.0625. The number of rotatable bonds is 10. The number of ether oxygens (including phenoxy) is 1. The van der Waals surface area contributed by atoms with Gasteiger partial charge >= 0.3 is 0 Å². The van der Waals surface area contributed by atoms with Gasteiger partial charge in [0.1, 0.15) is 5.75 Å². The van der Waals surface area contributed by atoms with E-state index in [4.69, 9.17) is 4.74 Å². The maximum Gasteiger partial charge on any atom is 0.238 e. The lowest BCUT2D eigenvalue weighted by Crippen LogP contribution is -2.27. The largest absolute Gasteiger partial charge is 0.494 e. The minimum Gasteiger partial charge on any atom is -0.494 e. The Hall–Kier alpha value is -3.11. The molecule has 28 heavy (non-hydrogen) atoms. The molecule has 4 heteroatoms. The third-order valence-corrected chi connectivity index (χ3v) is 4.32. The van der Waals surface area contributed by atoms with Gasteiger partial charge in [-0.05, 0) is 48.2 Å². The molecule has 3 rings (SSSR count). The zero-order valence-corrected chi connectivity index (χ0v) is 15.9. The summed E-state index contributed by atoms with van der Waals surface area (Å²) in [6.45, 7) is 1.61. The van der Waals surface area contributed by atoms with Crippen molar-refractivity contribution in [3.05, 3.63) is 96.1 Å². The first kappa shape index (κ1) is 19.6. The fourth-order valence-corrected chi connectivity index (χ4v) is 2.87. The topological polar surface area (TPSA) is 50.4 Å². The molecule has 0 bridgehead atoms. The maximum atomic E-state index is 12.0. The van der Waals surface area contributed by atoms with Gasteiger partial charge in [0.25, 0.3) is 0 Å². The third kappa shape index (κ3) is 6.89. The Labute approximate surface area is 166 Å². The molecule has 0 aliphatic heterocycles. The fraction of sp³-hybridized carbons (Fsp3) is 0.208. The van der Waals surface area contributed by atoms with Crippen LogP contribution in [0.2, 0.25) is 0 Å². The van der Waals surface area contributed by atoms with Gasteiger partial charge in [0.05, 0.1) is 13.2 Å². The van der Waals surface area contributed by atoms with Gasteiger partial charge in [-0.25, -0.2) is 0 Å². The summed E-state index contributed by atoms with van der Waals surface area (Å²) in [5, 5.41) is 6.03. The van der Waals surface area contributed by atoms with E-state index in [1.807, 2.05) is 60.7 Å². The normalized spacial score (nSPS) is 10.4. The molecule has 0 saturated heterocycles. The number of benzene rings is 3. The molecule has 0 saturated carbocycles. The van der Waals surface area contributed by atoms with Crippen LogP contribution in [0.3, 0.4) is 0 Å². The van der Waals surface area contributed by atoms with E-state index in [9.17, 15) is 4.79 Å². The summed E-state index contributed by atoms with van der Waals surface area (Å²) in [6.07, 6.45) is 1.97. The molecule has 0 heterocycles. The van der Waals surface area contributed by atoms with Crippen molar-refractivity contribution in [2.24, 2.45) is 0 Å². The fourth-order valence-electron chi connectivity index (χ4n) is 2.87. The van der Waals surface area contributed by atoms with Crippen LogP contribution in [0.25, 0.3) is 0 Å². The molecule has 3 aromatic rings. The highest BCUT2D eigenvalue weighted by molar-refractivity contribution is 5.92.